The van der Waals surface area contributed by atoms with Crippen LogP contribution in [0, 0.1) is 5.92 Å². The van der Waals surface area contributed by atoms with Crippen LogP contribution in [0.1, 0.15) is 57.4 Å². The second-order valence-corrected chi connectivity index (χ2v) is 8.25. The molecule has 1 fully saturated rings. The summed E-state index contributed by atoms with van der Waals surface area (Å²) in [4.78, 5) is 41.4. The Kier molecular flexibility index (Phi) is 7.42. The summed E-state index contributed by atoms with van der Waals surface area (Å²) in [7, 11) is 0. The third-order valence-electron chi connectivity index (χ3n) is 5.77. The zero-order valence-corrected chi connectivity index (χ0v) is 18.1. The standard InChI is InChI=1S/C22H29N3O4S/c1-2-3-12-20(26)25(30)24(21(27)15-8-4-5-9-15)19(22(28)29)13-16-14-23-18-11-7-6-10-17(16)18/h6-7,10-11,14-15,19,23,30H,2-5,8-9,12-13H2,1H3,(H,28,29)/t19-/m0/s1. The Hall–Kier alpha value is -2.48. The molecule has 1 aliphatic carbocycles. The first-order chi connectivity index (χ1) is 14.4. The lowest BCUT2D eigenvalue weighted by Gasteiger charge is -2.36. The molecular formula is C22H29N3O4S. The molecule has 1 aliphatic rings. The first kappa shape index (κ1) is 22.2. The second-order valence-electron chi connectivity index (χ2n) is 7.87. The maximum Gasteiger partial charge on any atom is 0.328 e. The second kappa shape index (κ2) is 10.0. The van der Waals surface area contributed by atoms with Crippen LogP contribution in [-0.4, -0.2) is 43.3 Å². The molecule has 2 aromatic rings. The van der Waals surface area contributed by atoms with E-state index < -0.39 is 12.0 Å². The van der Waals surface area contributed by atoms with Crippen LogP contribution >= 0.6 is 12.8 Å². The molecule has 2 amide bonds. The molecular weight excluding hydrogens is 402 g/mol. The fraction of sp³-hybridized carbons (Fsp3) is 0.500. The van der Waals surface area contributed by atoms with E-state index in [1.807, 2.05) is 31.2 Å². The van der Waals surface area contributed by atoms with E-state index in [0.29, 0.717) is 19.3 Å². The van der Waals surface area contributed by atoms with Crippen LogP contribution in [0.3, 0.4) is 0 Å². The minimum absolute atomic E-state index is 0.0793. The number of hydrogen-bond donors (Lipinski definition) is 3. The van der Waals surface area contributed by atoms with Crippen molar-refractivity contribution in [2.75, 3.05) is 0 Å². The number of nitrogens with one attached hydrogen (secondary N) is 1. The van der Waals surface area contributed by atoms with Gasteiger partial charge in [0.2, 0.25) is 5.91 Å². The third kappa shape index (κ3) is 4.80. The van der Waals surface area contributed by atoms with Crippen LogP contribution in [0.2, 0.25) is 0 Å². The number of aromatic nitrogens is 1. The van der Waals surface area contributed by atoms with Crippen LogP contribution in [0.15, 0.2) is 30.5 Å². The van der Waals surface area contributed by atoms with Gasteiger partial charge in [-0.3, -0.25) is 9.59 Å². The van der Waals surface area contributed by atoms with E-state index in [4.69, 9.17) is 0 Å². The molecule has 1 aromatic heterocycles. The Morgan fingerprint density at radius 2 is 1.93 bits per heavy atom. The number of fused-ring (bicyclic) bond motifs is 1. The van der Waals surface area contributed by atoms with Gasteiger partial charge >= 0.3 is 5.97 Å². The van der Waals surface area contributed by atoms with E-state index in [2.05, 4.69) is 17.8 Å². The van der Waals surface area contributed by atoms with Crippen molar-refractivity contribution in [1.29, 1.82) is 0 Å². The molecule has 0 saturated heterocycles. The van der Waals surface area contributed by atoms with Crippen molar-refractivity contribution in [3.8, 4) is 0 Å². The van der Waals surface area contributed by atoms with E-state index in [9.17, 15) is 19.5 Å². The largest absolute Gasteiger partial charge is 0.480 e. The van der Waals surface area contributed by atoms with Gasteiger partial charge in [0.25, 0.3) is 5.91 Å². The van der Waals surface area contributed by atoms with Gasteiger partial charge in [-0.2, -0.15) is 4.41 Å². The van der Waals surface area contributed by atoms with Gasteiger partial charge in [0.15, 0.2) is 6.04 Å². The molecule has 7 nitrogen and oxygen atoms in total. The number of aliphatic carboxylic acids is 1. The molecule has 0 spiro atoms. The molecule has 3 rings (SSSR count). The molecule has 8 heteroatoms. The minimum Gasteiger partial charge on any atom is -0.480 e. The molecule has 1 saturated carbocycles. The van der Waals surface area contributed by atoms with E-state index >= 15 is 0 Å². The van der Waals surface area contributed by atoms with Crippen LogP contribution < -0.4 is 0 Å². The normalized spacial score (nSPS) is 15.3. The number of aromatic amines is 1. The maximum absolute atomic E-state index is 13.3. The summed E-state index contributed by atoms with van der Waals surface area (Å²) >= 11 is 4.30. The van der Waals surface area contributed by atoms with Crippen molar-refractivity contribution in [3.63, 3.8) is 0 Å². The number of carbonyl (C=O) groups excluding carboxylic acids is 2. The van der Waals surface area contributed by atoms with E-state index in [1.165, 1.54) is 0 Å². The van der Waals surface area contributed by atoms with Crippen LogP contribution in [-0.2, 0) is 20.8 Å². The average molecular weight is 432 g/mol. The number of para-hydroxylation sites is 1. The van der Waals surface area contributed by atoms with Crippen molar-refractivity contribution < 1.29 is 19.5 Å². The van der Waals surface area contributed by atoms with Crippen LogP contribution in [0.5, 0.6) is 0 Å². The highest BCUT2D eigenvalue weighted by molar-refractivity contribution is 7.78. The van der Waals surface area contributed by atoms with Crippen molar-refractivity contribution in [2.45, 2.75) is 64.3 Å². The summed E-state index contributed by atoms with van der Waals surface area (Å²) in [6.45, 7) is 1.97. The van der Waals surface area contributed by atoms with Gasteiger partial charge in [-0.25, -0.2) is 9.80 Å². The molecule has 1 atom stereocenters. The zero-order valence-electron chi connectivity index (χ0n) is 17.2. The van der Waals surface area contributed by atoms with Gasteiger partial charge in [0.05, 0.1) is 0 Å². The molecule has 0 bridgehead atoms. The van der Waals surface area contributed by atoms with Gasteiger partial charge in [0, 0.05) is 35.9 Å². The Bertz CT molecular complexity index is 907. The highest BCUT2D eigenvalue weighted by atomic mass is 32.1. The molecule has 162 valence electrons. The number of hydrogen-bond acceptors (Lipinski definition) is 4. The number of carboxylic acid groups (broad SMARTS) is 1. The number of hydrazine groups is 1. The Morgan fingerprint density at radius 1 is 1.23 bits per heavy atom. The quantitative estimate of drug-likeness (QED) is 0.436. The fourth-order valence-electron chi connectivity index (χ4n) is 4.07. The summed E-state index contributed by atoms with van der Waals surface area (Å²) in [5.74, 6) is -2.13. The first-order valence-corrected chi connectivity index (χ1v) is 11.0. The van der Waals surface area contributed by atoms with Gasteiger partial charge in [0.1, 0.15) is 0 Å². The van der Waals surface area contributed by atoms with Crippen LogP contribution in [0.4, 0.5) is 0 Å². The Balaban J connectivity index is 1.93. The maximum atomic E-state index is 13.3. The number of thiol groups is 1. The van der Waals surface area contributed by atoms with Crippen LogP contribution in [0.25, 0.3) is 10.9 Å². The van der Waals surface area contributed by atoms with E-state index in [0.717, 1.165) is 45.2 Å². The number of unbranched alkanes of at least 4 members (excludes halogenated alkanes) is 1. The Labute approximate surface area is 181 Å². The number of carboxylic acids is 1. The first-order valence-electron chi connectivity index (χ1n) is 10.6. The third-order valence-corrected chi connectivity index (χ3v) is 6.19. The van der Waals surface area contributed by atoms with Gasteiger partial charge in [-0.15, -0.1) is 0 Å². The lowest BCUT2D eigenvalue weighted by molar-refractivity contribution is -0.167. The number of carbonyl (C=O) groups is 3. The summed E-state index contributed by atoms with van der Waals surface area (Å²) in [5, 5.41) is 12.0. The van der Waals surface area contributed by atoms with Crippen molar-refractivity contribution >= 4 is 41.5 Å². The number of nitrogens with zero attached hydrogens (tertiary/aromatic N) is 2. The summed E-state index contributed by atoms with van der Waals surface area (Å²) in [6, 6.07) is 6.38. The van der Waals surface area contributed by atoms with Crippen molar-refractivity contribution in [3.05, 3.63) is 36.0 Å². The Morgan fingerprint density at radius 3 is 2.60 bits per heavy atom. The number of H-pyrrole nitrogens is 1. The van der Waals surface area contributed by atoms with Gasteiger partial charge in [-0.05, 0) is 43.7 Å². The van der Waals surface area contributed by atoms with Gasteiger partial charge < -0.3 is 10.1 Å². The highest BCUT2D eigenvalue weighted by Crippen LogP contribution is 2.30. The number of benzene rings is 1. The SMILES string of the molecule is CCCCC(=O)N(S)N(C(=O)C1CCCC1)[C@@H](Cc1c[nH]c2ccccc12)C(=O)O. The summed E-state index contributed by atoms with van der Waals surface area (Å²) in [5.41, 5.74) is 1.68. The summed E-state index contributed by atoms with van der Waals surface area (Å²) in [6.07, 6.45) is 6.81. The lowest BCUT2D eigenvalue weighted by atomic mass is 10.0. The lowest BCUT2D eigenvalue weighted by Crippen LogP contribution is -2.55. The van der Waals surface area contributed by atoms with Crippen molar-refractivity contribution in [2.24, 2.45) is 5.92 Å². The number of rotatable bonds is 8. The fourth-order valence-corrected chi connectivity index (χ4v) is 4.39. The molecule has 0 unspecified atom stereocenters. The van der Waals surface area contributed by atoms with E-state index in [1.54, 1.807) is 6.20 Å². The predicted molar refractivity (Wildman–Crippen MR) is 118 cm³/mol. The minimum atomic E-state index is -1.22. The summed E-state index contributed by atoms with van der Waals surface area (Å²) < 4.78 is 0.948. The molecule has 0 aliphatic heterocycles. The highest BCUT2D eigenvalue weighted by Gasteiger charge is 2.39. The zero-order chi connectivity index (χ0) is 21.7. The smallest absolute Gasteiger partial charge is 0.328 e. The topological polar surface area (TPSA) is 93.7 Å². The van der Waals surface area contributed by atoms with E-state index in [-0.39, 0.29) is 30.6 Å². The molecule has 0 radical (unpaired) electrons. The molecule has 1 aromatic carbocycles. The molecule has 2 N–H and O–H groups in total. The van der Waals surface area contributed by atoms with Crippen molar-refractivity contribution in [1.82, 2.24) is 14.4 Å². The average Bonchev–Trinajstić information content (AvgIpc) is 3.41. The molecule has 1 heterocycles. The molecule has 30 heavy (non-hydrogen) atoms. The monoisotopic (exact) mass is 431 g/mol. The predicted octanol–water partition coefficient (Wildman–Crippen LogP) is 3.96. The number of amides is 2. The van der Waals surface area contributed by atoms with Gasteiger partial charge in [-0.1, -0.05) is 44.4 Å².